The van der Waals surface area contributed by atoms with E-state index in [1.54, 1.807) is 12.4 Å². The standard InChI is InChI=1S/C14H14FN5/c15-12-3-4-14(11(6-12)7-16)19-5-1-2-13(8-19)20-10-17-9-18-20/h3-4,6,9-10,13H,1-2,5,8H2. The summed E-state index contributed by atoms with van der Waals surface area (Å²) >= 11 is 0. The van der Waals surface area contributed by atoms with Gasteiger partial charge in [-0.15, -0.1) is 0 Å². The van der Waals surface area contributed by atoms with Crippen molar-refractivity contribution < 1.29 is 4.39 Å². The average Bonchev–Trinajstić information content (AvgIpc) is 3.01. The largest absolute Gasteiger partial charge is 0.368 e. The summed E-state index contributed by atoms with van der Waals surface area (Å²) in [6, 6.07) is 6.67. The maximum atomic E-state index is 13.2. The molecule has 0 spiro atoms. The van der Waals surface area contributed by atoms with Gasteiger partial charge in [0.05, 0.1) is 17.3 Å². The van der Waals surface area contributed by atoms with E-state index < -0.39 is 0 Å². The molecule has 1 aromatic carbocycles. The molecule has 0 N–H and O–H groups in total. The van der Waals surface area contributed by atoms with Gasteiger partial charge in [-0.1, -0.05) is 0 Å². The molecule has 5 nitrogen and oxygen atoms in total. The molecule has 0 saturated carbocycles. The molecule has 102 valence electrons. The number of anilines is 1. The van der Waals surface area contributed by atoms with Gasteiger partial charge < -0.3 is 4.90 Å². The van der Waals surface area contributed by atoms with Crippen LogP contribution in [0.15, 0.2) is 30.9 Å². The average molecular weight is 271 g/mol. The van der Waals surface area contributed by atoms with Gasteiger partial charge in [0, 0.05) is 13.1 Å². The van der Waals surface area contributed by atoms with E-state index in [-0.39, 0.29) is 11.9 Å². The molecule has 20 heavy (non-hydrogen) atoms. The van der Waals surface area contributed by atoms with Gasteiger partial charge >= 0.3 is 0 Å². The molecule has 1 atom stereocenters. The lowest BCUT2D eigenvalue weighted by molar-refractivity contribution is 0.375. The molecule has 1 fully saturated rings. The third-order valence-corrected chi connectivity index (χ3v) is 3.63. The van der Waals surface area contributed by atoms with Crippen molar-refractivity contribution in [3.05, 3.63) is 42.2 Å². The summed E-state index contributed by atoms with van der Waals surface area (Å²) in [5, 5.41) is 13.3. The maximum Gasteiger partial charge on any atom is 0.137 e. The van der Waals surface area contributed by atoms with Gasteiger partial charge in [-0.3, -0.25) is 0 Å². The van der Waals surface area contributed by atoms with Gasteiger partial charge in [0.15, 0.2) is 0 Å². The highest BCUT2D eigenvalue weighted by molar-refractivity contribution is 5.59. The lowest BCUT2D eigenvalue weighted by Crippen LogP contribution is -2.37. The van der Waals surface area contributed by atoms with Crippen molar-refractivity contribution in [1.29, 1.82) is 5.26 Å². The molecule has 0 radical (unpaired) electrons. The van der Waals surface area contributed by atoms with Crippen LogP contribution in [0, 0.1) is 17.1 Å². The summed E-state index contributed by atoms with van der Waals surface area (Å²) < 4.78 is 15.1. The van der Waals surface area contributed by atoms with Crippen LogP contribution in [-0.2, 0) is 0 Å². The number of nitriles is 1. The molecule has 0 amide bonds. The number of piperidine rings is 1. The predicted octanol–water partition coefficient (Wildman–Crippen LogP) is 2.13. The third-order valence-electron chi connectivity index (χ3n) is 3.63. The molecule has 2 heterocycles. The Bertz CT molecular complexity index is 632. The molecular weight excluding hydrogens is 257 g/mol. The van der Waals surface area contributed by atoms with Crippen LogP contribution in [0.25, 0.3) is 0 Å². The van der Waals surface area contributed by atoms with Crippen LogP contribution >= 0.6 is 0 Å². The van der Waals surface area contributed by atoms with Crippen molar-refractivity contribution in [2.45, 2.75) is 18.9 Å². The first-order valence-corrected chi connectivity index (χ1v) is 6.56. The van der Waals surface area contributed by atoms with Crippen LogP contribution in [0.1, 0.15) is 24.4 Å². The molecule has 1 aliphatic rings. The SMILES string of the molecule is N#Cc1cc(F)ccc1N1CCCC(n2cncn2)C1. The summed E-state index contributed by atoms with van der Waals surface area (Å²) in [6.07, 6.45) is 5.28. The Labute approximate surface area is 116 Å². The first-order valence-electron chi connectivity index (χ1n) is 6.56. The van der Waals surface area contributed by atoms with Gasteiger partial charge in [-0.2, -0.15) is 10.4 Å². The zero-order valence-electron chi connectivity index (χ0n) is 10.9. The molecular formula is C14H14FN5. The molecule has 2 aromatic rings. The van der Waals surface area contributed by atoms with Crippen LogP contribution in [0.3, 0.4) is 0 Å². The first kappa shape index (κ1) is 12.6. The molecule has 6 heteroatoms. The molecule has 3 rings (SSSR count). The van der Waals surface area contributed by atoms with E-state index in [4.69, 9.17) is 5.26 Å². The van der Waals surface area contributed by atoms with Gasteiger partial charge in [0.1, 0.15) is 24.5 Å². The van der Waals surface area contributed by atoms with E-state index >= 15 is 0 Å². The van der Waals surface area contributed by atoms with Crippen molar-refractivity contribution in [3.8, 4) is 6.07 Å². The van der Waals surface area contributed by atoms with Crippen LogP contribution < -0.4 is 4.90 Å². The van der Waals surface area contributed by atoms with Crippen LogP contribution in [0.4, 0.5) is 10.1 Å². The number of benzene rings is 1. The zero-order valence-corrected chi connectivity index (χ0v) is 10.9. The van der Waals surface area contributed by atoms with E-state index in [0.29, 0.717) is 5.56 Å². The monoisotopic (exact) mass is 271 g/mol. The summed E-state index contributed by atoms with van der Waals surface area (Å²) in [6.45, 7) is 1.62. The second-order valence-corrected chi connectivity index (χ2v) is 4.89. The quantitative estimate of drug-likeness (QED) is 0.839. The maximum absolute atomic E-state index is 13.2. The second kappa shape index (κ2) is 5.29. The Kier molecular flexibility index (Phi) is 3.33. The van der Waals surface area contributed by atoms with Gasteiger partial charge in [-0.05, 0) is 31.0 Å². The molecule has 1 unspecified atom stereocenters. The smallest absolute Gasteiger partial charge is 0.137 e. The zero-order chi connectivity index (χ0) is 13.9. The van der Waals surface area contributed by atoms with Crippen molar-refractivity contribution in [1.82, 2.24) is 14.8 Å². The highest BCUT2D eigenvalue weighted by Gasteiger charge is 2.23. The molecule has 0 bridgehead atoms. The lowest BCUT2D eigenvalue weighted by Gasteiger charge is -2.34. The fraction of sp³-hybridized carbons (Fsp3) is 0.357. The topological polar surface area (TPSA) is 57.7 Å². The number of aromatic nitrogens is 3. The Hall–Kier alpha value is -2.42. The molecule has 1 saturated heterocycles. The number of hydrogen-bond acceptors (Lipinski definition) is 4. The molecule has 0 aliphatic carbocycles. The molecule has 1 aliphatic heterocycles. The van der Waals surface area contributed by atoms with E-state index in [9.17, 15) is 4.39 Å². The lowest BCUT2D eigenvalue weighted by atomic mass is 10.0. The van der Waals surface area contributed by atoms with Crippen molar-refractivity contribution in [3.63, 3.8) is 0 Å². The Morgan fingerprint density at radius 3 is 3.05 bits per heavy atom. The highest BCUT2D eigenvalue weighted by atomic mass is 19.1. The van der Waals surface area contributed by atoms with Crippen molar-refractivity contribution in [2.24, 2.45) is 0 Å². The van der Waals surface area contributed by atoms with Crippen LogP contribution in [-0.4, -0.2) is 27.9 Å². The Morgan fingerprint density at radius 1 is 1.40 bits per heavy atom. The van der Waals surface area contributed by atoms with Gasteiger partial charge in [0.25, 0.3) is 0 Å². The Morgan fingerprint density at radius 2 is 2.30 bits per heavy atom. The minimum Gasteiger partial charge on any atom is -0.368 e. The van der Waals surface area contributed by atoms with E-state index in [1.807, 2.05) is 4.68 Å². The number of rotatable bonds is 2. The summed E-state index contributed by atoms with van der Waals surface area (Å²) in [7, 11) is 0. The summed E-state index contributed by atoms with van der Waals surface area (Å²) in [4.78, 5) is 6.09. The number of halogens is 1. The van der Waals surface area contributed by atoms with Gasteiger partial charge in [-0.25, -0.2) is 14.1 Å². The third kappa shape index (κ3) is 2.35. The Balaban J connectivity index is 1.86. The minimum absolute atomic E-state index is 0.239. The van der Waals surface area contributed by atoms with Crippen LogP contribution in [0.2, 0.25) is 0 Å². The number of hydrogen-bond donors (Lipinski definition) is 0. The normalized spacial score (nSPS) is 18.8. The fourth-order valence-corrected chi connectivity index (χ4v) is 2.67. The summed E-state index contributed by atoms with van der Waals surface area (Å²) in [5.41, 5.74) is 1.17. The second-order valence-electron chi connectivity index (χ2n) is 4.89. The molecule has 1 aromatic heterocycles. The van der Waals surface area contributed by atoms with E-state index in [1.165, 1.54) is 18.5 Å². The van der Waals surface area contributed by atoms with Crippen LogP contribution in [0.5, 0.6) is 0 Å². The highest BCUT2D eigenvalue weighted by Crippen LogP contribution is 2.28. The van der Waals surface area contributed by atoms with Gasteiger partial charge in [0.2, 0.25) is 0 Å². The first-order chi connectivity index (χ1) is 9.78. The number of nitrogens with zero attached hydrogens (tertiary/aromatic N) is 5. The van der Waals surface area contributed by atoms with Crippen molar-refractivity contribution >= 4 is 5.69 Å². The minimum atomic E-state index is -0.380. The fourth-order valence-electron chi connectivity index (χ4n) is 2.67. The van der Waals surface area contributed by atoms with E-state index in [2.05, 4.69) is 21.1 Å². The van der Waals surface area contributed by atoms with Crippen molar-refractivity contribution in [2.75, 3.05) is 18.0 Å². The van der Waals surface area contributed by atoms with E-state index in [0.717, 1.165) is 31.6 Å². The summed E-state index contributed by atoms with van der Waals surface area (Å²) in [5.74, 6) is -0.380. The predicted molar refractivity (Wildman–Crippen MR) is 71.6 cm³/mol.